The van der Waals surface area contributed by atoms with E-state index in [1.54, 1.807) is 12.1 Å². The highest BCUT2D eigenvalue weighted by atomic mass is 32.1. The molecule has 0 fully saturated rings. The van der Waals surface area contributed by atoms with Gasteiger partial charge in [-0.25, -0.2) is 8.78 Å². The van der Waals surface area contributed by atoms with E-state index >= 15 is 0 Å². The average Bonchev–Trinajstić information content (AvgIpc) is 2.66. The van der Waals surface area contributed by atoms with Crippen molar-refractivity contribution in [1.29, 1.82) is 0 Å². The molecule has 0 amide bonds. The maximum Gasteiger partial charge on any atom is 0.134 e. The van der Waals surface area contributed by atoms with Gasteiger partial charge in [-0.05, 0) is 31.2 Å². The number of benzene rings is 1. The van der Waals surface area contributed by atoms with E-state index < -0.39 is 11.6 Å². The van der Waals surface area contributed by atoms with Crippen LogP contribution in [0.5, 0.6) is 0 Å². The van der Waals surface area contributed by atoms with Gasteiger partial charge in [-0.15, -0.1) is 11.3 Å². The van der Waals surface area contributed by atoms with Gasteiger partial charge in [0.05, 0.1) is 5.56 Å². The van der Waals surface area contributed by atoms with Gasteiger partial charge in [-0.3, -0.25) is 0 Å². The number of hydrogen-bond acceptors (Lipinski definition) is 2. The van der Waals surface area contributed by atoms with E-state index in [0.717, 1.165) is 4.88 Å². The Morgan fingerprint density at radius 3 is 2.25 bits per heavy atom. The van der Waals surface area contributed by atoms with Gasteiger partial charge in [-0.1, -0.05) is 6.07 Å². The van der Waals surface area contributed by atoms with Crippen molar-refractivity contribution < 1.29 is 8.78 Å². The molecule has 1 heterocycles. The lowest BCUT2D eigenvalue weighted by molar-refractivity contribution is 0.590. The first-order valence-corrected chi connectivity index (χ1v) is 5.71. The van der Waals surface area contributed by atoms with Crippen molar-refractivity contribution >= 4 is 11.3 Å². The molecule has 2 rings (SSSR count). The molecule has 0 radical (unpaired) electrons. The summed E-state index contributed by atoms with van der Waals surface area (Å²) in [5, 5.41) is 0. The molecule has 1 nitrogen and oxygen atoms in total. The lowest BCUT2D eigenvalue weighted by Crippen LogP contribution is -2.01. The normalized spacial score (nSPS) is 12.8. The molecule has 0 aliphatic carbocycles. The summed E-state index contributed by atoms with van der Waals surface area (Å²) < 4.78 is 27.0. The summed E-state index contributed by atoms with van der Waals surface area (Å²) in [5.74, 6) is -1.09. The Labute approximate surface area is 96.5 Å². The summed E-state index contributed by atoms with van der Waals surface area (Å²) in [7, 11) is 0. The first-order chi connectivity index (χ1) is 7.59. The highest BCUT2D eigenvalue weighted by Gasteiger charge is 2.13. The molecule has 1 aromatic heterocycles. The molecule has 1 atom stereocenters. The molecular formula is C12H11F2NS. The van der Waals surface area contributed by atoms with Gasteiger partial charge in [-0.2, -0.15) is 0 Å². The van der Waals surface area contributed by atoms with Crippen molar-refractivity contribution in [3.63, 3.8) is 0 Å². The summed E-state index contributed by atoms with van der Waals surface area (Å²) in [6.45, 7) is 1.84. The lowest BCUT2D eigenvalue weighted by atomic mass is 10.1. The monoisotopic (exact) mass is 239 g/mol. The van der Waals surface area contributed by atoms with Crippen molar-refractivity contribution in [2.45, 2.75) is 13.0 Å². The fourth-order valence-corrected chi connectivity index (χ4v) is 2.47. The van der Waals surface area contributed by atoms with Crippen molar-refractivity contribution in [2.24, 2.45) is 5.73 Å². The number of nitrogens with two attached hydrogens (primary N) is 1. The van der Waals surface area contributed by atoms with Crippen LogP contribution >= 0.6 is 11.3 Å². The van der Waals surface area contributed by atoms with Crippen molar-refractivity contribution in [1.82, 2.24) is 0 Å². The van der Waals surface area contributed by atoms with Gasteiger partial charge in [0.2, 0.25) is 0 Å². The zero-order valence-electron chi connectivity index (χ0n) is 8.71. The molecule has 0 bridgehead atoms. The molecule has 0 spiro atoms. The smallest absolute Gasteiger partial charge is 0.134 e. The third-order valence-electron chi connectivity index (χ3n) is 2.28. The molecule has 4 heteroatoms. The van der Waals surface area contributed by atoms with E-state index in [1.807, 2.05) is 6.92 Å². The van der Waals surface area contributed by atoms with Crippen LogP contribution in [0.15, 0.2) is 30.3 Å². The molecule has 0 aliphatic heterocycles. The Hall–Kier alpha value is -1.26. The van der Waals surface area contributed by atoms with Crippen LogP contribution in [-0.4, -0.2) is 0 Å². The SMILES string of the molecule is CC(N)c1ccc(-c2c(F)cccc2F)s1. The molecule has 84 valence electrons. The first kappa shape index (κ1) is 11.2. The summed E-state index contributed by atoms with van der Waals surface area (Å²) in [5.41, 5.74) is 5.73. The maximum atomic E-state index is 13.5. The summed E-state index contributed by atoms with van der Waals surface area (Å²) in [4.78, 5) is 1.49. The quantitative estimate of drug-likeness (QED) is 0.849. The van der Waals surface area contributed by atoms with Crippen LogP contribution in [0.3, 0.4) is 0 Å². The van der Waals surface area contributed by atoms with Crippen LogP contribution in [0.25, 0.3) is 10.4 Å². The van der Waals surface area contributed by atoms with Crippen LogP contribution in [0.2, 0.25) is 0 Å². The Kier molecular flexibility index (Phi) is 3.03. The van der Waals surface area contributed by atoms with E-state index in [-0.39, 0.29) is 11.6 Å². The Bertz CT molecular complexity index is 485. The zero-order chi connectivity index (χ0) is 11.7. The van der Waals surface area contributed by atoms with Crippen LogP contribution in [0, 0.1) is 11.6 Å². The van der Waals surface area contributed by atoms with E-state index in [4.69, 9.17) is 5.73 Å². The number of halogens is 2. The molecule has 2 N–H and O–H groups in total. The molecule has 1 aromatic carbocycles. The van der Waals surface area contributed by atoms with E-state index in [1.165, 1.54) is 29.5 Å². The topological polar surface area (TPSA) is 26.0 Å². The minimum Gasteiger partial charge on any atom is -0.324 e. The minimum absolute atomic E-state index is 0.0272. The van der Waals surface area contributed by atoms with Crippen LogP contribution < -0.4 is 5.73 Å². The molecule has 0 saturated carbocycles. The van der Waals surface area contributed by atoms with E-state index in [9.17, 15) is 8.78 Å². The van der Waals surface area contributed by atoms with Crippen molar-refractivity contribution in [3.8, 4) is 10.4 Å². The predicted octanol–water partition coefficient (Wildman–Crippen LogP) is 3.71. The average molecular weight is 239 g/mol. The first-order valence-electron chi connectivity index (χ1n) is 4.89. The third-order valence-corrected chi connectivity index (χ3v) is 3.59. The second-order valence-corrected chi connectivity index (χ2v) is 4.70. The molecule has 1 unspecified atom stereocenters. The summed E-state index contributed by atoms with van der Waals surface area (Å²) in [6, 6.07) is 7.25. The van der Waals surface area contributed by atoms with E-state index in [0.29, 0.717) is 4.88 Å². The highest BCUT2D eigenvalue weighted by molar-refractivity contribution is 7.15. The lowest BCUT2D eigenvalue weighted by Gasteiger charge is -2.02. The van der Waals surface area contributed by atoms with Gasteiger partial charge < -0.3 is 5.73 Å². The molecule has 16 heavy (non-hydrogen) atoms. The molecule has 2 aromatic rings. The second-order valence-electron chi connectivity index (χ2n) is 3.59. The van der Waals surface area contributed by atoms with Crippen molar-refractivity contribution in [3.05, 3.63) is 46.8 Å². The highest BCUT2D eigenvalue weighted by Crippen LogP contribution is 2.33. The number of rotatable bonds is 2. The largest absolute Gasteiger partial charge is 0.324 e. The maximum absolute atomic E-state index is 13.5. The van der Waals surface area contributed by atoms with Crippen LogP contribution in [0.1, 0.15) is 17.8 Å². The summed E-state index contributed by atoms with van der Waals surface area (Å²) >= 11 is 1.32. The standard InChI is InChI=1S/C12H11F2NS/c1-7(15)10-5-6-11(16-10)12-8(13)3-2-4-9(12)14/h2-7H,15H2,1H3. The van der Waals surface area contributed by atoms with Gasteiger partial charge in [0, 0.05) is 15.8 Å². The predicted molar refractivity (Wildman–Crippen MR) is 62.3 cm³/mol. The van der Waals surface area contributed by atoms with E-state index in [2.05, 4.69) is 0 Å². The zero-order valence-corrected chi connectivity index (χ0v) is 9.52. The van der Waals surface area contributed by atoms with Gasteiger partial charge in [0.15, 0.2) is 0 Å². The van der Waals surface area contributed by atoms with Gasteiger partial charge in [0.1, 0.15) is 11.6 Å². The number of thiophene rings is 1. The molecule has 0 saturated heterocycles. The fourth-order valence-electron chi connectivity index (χ4n) is 1.47. The molecular weight excluding hydrogens is 228 g/mol. The Morgan fingerprint density at radius 2 is 1.75 bits per heavy atom. The number of hydrogen-bond donors (Lipinski definition) is 1. The van der Waals surface area contributed by atoms with Gasteiger partial charge in [0.25, 0.3) is 0 Å². The van der Waals surface area contributed by atoms with Gasteiger partial charge >= 0.3 is 0 Å². The van der Waals surface area contributed by atoms with Crippen molar-refractivity contribution in [2.75, 3.05) is 0 Å². The van der Waals surface area contributed by atoms with Crippen LogP contribution in [-0.2, 0) is 0 Å². The van der Waals surface area contributed by atoms with Crippen LogP contribution in [0.4, 0.5) is 8.78 Å². The summed E-state index contributed by atoms with van der Waals surface area (Å²) in [6.07, 6.45) is 0. The fraction of sp³-hybridized carbons (Fsp3) is 0.167. The minimum atomic E-state index is -0.543. The second kappa shape index (κ2) is 4.31. The third kappa shape index (κ3) is 1.99. The Morgan fingerprint density at radius 1 is 1.12 bits per heavy atom. The Balaban J connectivity index is 2.50. The molecule has 0 aliphatic rings.